The molecule has 2 heterocycles. The number of carbonyl (C=O) groups excluding carboxylic acids is 1. The van der Waals surface area contributed by atoms with Crippen molar-refractivity contribution in [1.82, 2.24) is 14.9 Å². The van der Waals surface area contributed by atoms with E-state index in [1.54, 1.807) is 7.11 Å². The number of benzene rings is 1. The van der Waals surface area contributed by atoms with Gasteiger partial charge in [0.25, 0.3) is 0 Å². The van der Waals surface area contributed by atoms with Crippen LogP contribution < -0.4 is 21.3 Å². The topological polar surface area (TPSA) is 109 Å². The zero-order chi connectivity index (χ0) is 23.4. The van der Waals surface area contributed by atoms with Crippen LogP contribution in [0, 0.1) is 11.7 Å². The number of amides is 1. The Kier molecular flexibility index (Phi) is 7.24. The highest BCUT2D eigenvalue weighted by Gasteiger charge is 2.32. The Balaban J connectivity index is 1.50. The lowest BCUT2D eigenvalue weighted by Crippen LogP contribution is -2.44. The first-order valence-corrected chi connectivity index (χ1v) is 11.4. The molecule has 0 bridgehead atoms. The maximum atomic E-state index is 14.4. The summed E-state index contributed by atoms with van der Waals surface area (Å²) in [6.07, 6.45) is 3.44. The molecular weight excluding hydrogens is 425 g/mol. The van der Waals surface area contributed by atoms with Crippen molar-refractivity contribution in [1.29, 1.82) is 0 Å². The molecule has 33 heavy (non-hydrogen) atoms. The van der Waals surface area contributed by atoms with Crippen LogP contribution in [0.4, 0.5) is 27.5 Å². The van der Waals surface area contributed by atoms with Gasteiger partial charge in [0.1, 0.15) is 0 Å². The van der Waals surface area contributed by atoms with Gasteiger partial charge >= 0.3 is 0 Å². The van der Waals surface area contributed by atoms with Crippen LogP contribution in [0.1, 0.15) is 24.8 Å². The summed E-state index contributed by atoms with van der Waals surface area (Å²) in [5.41, 5.74) is 8.48. The number of ether oxygens (including phenoxy) is 1. The van der Waals surface area contributed by atoms with Crippen LogP contribution in [0.2, 0.25) is 0 Å². The maximum absolute atomic E-state index is 14.4. The molecule has 1 aromatic carbocycles. The van der Waals surface area contributed by atoms with E-state index in [1.807, 2.05) is 12.1 Å². The molecule has 178 valence electrons. The van der Waals surface area contributed by atoms with Crippen LogP contribution in [0.3, 0.4) is 0 Å². The van der Waals surface area contributed by atoms with Gasteiger partial charge in [0.2, 0.25) is 11.9 Å². The quantitative estimate of drug-likeness (QED) is 0.554. The van der Waals surface area contributed by atoms with E-state index in [0.717, 1.165) is 62.2 Å². The van der Waals surface area contributed by atoms with Gasteiger partial charge in [-0.15, -0.1) is 0 Å². The van der Waals surface area contributed by atoms with Crippen molar-refractivity contribution < 1.29 is 13.9 Å². The standard InChI is InChI=1S/C23H32FN7O2/c1-30-8-10-31(11-9-30)20-7-6-16(12-15(20)14-33-2)27-23-26-13-18(24)22(29-23)28-19-5-3-4-17(19)21(25)32/h6-7,12-13,17,19H,3-5,8-11,14H2,1-2H3,(H2,25,32)(H2,26,27,28,29). The molecule has 0 radical (unpaired) electrons. The van der Waals surface area contributed by atoms with Gasteiger partial charge in [0.05, 0.1) is 18.7 Å². The lowest BCUT2D eigenvalue weighted by molar-refractivity contribution is -0.121. The Morgan fingerprint density at radius 2 is 2.06 bits per heavy atom. The fourth-order valence-corrected chi connectivity index (χ4v) is 4.60. The predicted octanol–water partition coefficient (Wildman–Crippen LogP) is 2.32. The number of piperazine rings is 1. The van der Waals surface area contributed by atoms with Crippen molar-refractivity contribution in [2.75, 3.05) is 55.9 Å². The molecular formula is C23H32FN7O2. The molecule has 4 rings (SSSR count). The number of nitrogens with two attached hydrogens (primary N) is 1. The second kappa shape index (κ2) is 10.3. The Morgan fingerprint density at radius 1 is 1.27 bits per heavy atom. The van der Waals surface area contributed by atoms with Crippen LogP contribution in [-0.2, 0) is 16.1 Å². The summed E-state index contributed by atoms with van der Waals surface area (Å²) in [5.74, 6) is -0.931. The minimum Gasteiger partial charge on any atom is -0.380 e. The summed E-state index contributed by atoms with van der Waals surface area (Å²) < 4.78 is 19.8. The highest BCUT2D eigenvalue weighted by atomic mass is 19.1. The largest absolute Gasteiger partial charge is 0.380 e. The Bertz CT molecular complexity index is 981. The SMILES string of the molecule is COCc1cc(Nc2ncc(F)c(NC3CCCC3C(N)=O)n2)ccc1N1CCN(C)CC1. The van der Waals surface area contributed by atoms with E-state index < -0.39 is 5.82 Å². The molecule has 10 heteroatoms. The Morgan fingerprint density at radius 3 is 2.79 bits per heavy atom. The molecule has 2 aromatic rings. The first-order chi connectivity index (χ1) is 15.9. The average Bonchev–Trinajstić information content (AvgIpc) is 3.26. The summed E-state index contributed by atoms with van der Waals surface area (Å²) in [4.78, 5) is 24.7. The Hall–Kier alpha value is -2.98. The average molecular weight is 458 g/mol. The molecule has 1 aliphatic carbocycles. The number of likely N-dealkylation sites (N-methyl/N-ethyl adjacent to an activating group) is 1. The van der Waals surface area contributed by atoms with Crippen LogP contribution in [0.5, 0.6) is 0 Å². The lowest BCUT2D eigenvalue weighted by atomic mass is 10.0. The van der Waals surface area contributed by atoms with E-state index >= 15 is 0 Å². The monoisotopic (exact) mass is 457 g/mol. The number of aromatic nitrogens is 2. The number of carbonyl (C=O) groups is 1. The molecule has 1 saturated carbocycles. The van der Waals surface area contributed by atoms with Crippen molar-refractivity contribution in [3.8, 4) is 0 Å². The van der Waals surface area contributed by atoms with Gasteiger partial charge in [0, 0.05) is 56.3 Å². The maximum Gasteiger partial charge on any atom is 0.229 e. The molecule has 2 unspecified atom stereocenters. The highest BCUT2D eigenvalue weighted by molar-refractivity contribution is 5.78. The molecule has 2 fully saturated rings. The summed E-state index contributed by atoms with van der Waals surface area (Å²) in [7, 11) is 3.81. The van der Waals surface area contributed by atoms with Crippen molar-refractivity contribution >= 4 is 29.0 Å². The van der Waals surface area contributed by atoms with E-state index in [9.17, 15) is 9.18 Å². The van der Waals surface area contributed by atoms with Gasteiger partial charge in [0.15, 0.2) is 11.6 Å². The number of primary amides is 1. The first-order valence-electron chi connectivity index (χ1n) is 11.4. The van der Waals surface area contributed by atoms with E-state index in [0.29, 0.717) is 13.0 Å². The van der Waals surface area contributed by atoms with E-state index in [2.05, 4.69) is 43.5 Å². The molecule has 2 aliphatic rings. The molecule has 1 saturated heterocycles. The summed E-state index contributed by atoms with van der Waals surface area (Å²) in [6.45, 7) is 4.43. The third-order valence-electron chi connectivity index (χ3n) is 6.43. The van der Waals surface area contributed by atoms with Crippen LogP contribution >= 0.6 is 0 Å². The van der Waals surface area contributed by atoms with E-state index in [1.165, 1.54) is 0 Å². The number of rotatable bonds is 8. The second-order valence-corrected chi connectivity index (χ2v) is 8.77. The molecule has 1 aromatic heterocycles. The minimum absolute atomic E-state index is 0.0665. The van der Waals surface area contributed by atoms with E-state index in [-0.39, 0.29) is 29.6 Å². The fourth-order valence-electron chi connectivity index (χ4n) is 4.60. The number of nitrogens with one attached hydrogen (secondary N) is 2. The van der Waals surface area contributed by atoms with Gasteiger partial charge in [-0.1, -0.05) is 6.42 Å². The Labute approximate surface area is 193 Å². The van der Waals surface area contributed by atoms with Gasteiger partial charge in [-0.3, -0.25) is 4.79 Å². The fraction of sp³-hybridized carbons (Fsp3) is 0.522. The number of hydrogen-bond acceptors (Lipinski definition) is 8. The normalized spacial score (nSPS) is 21.2. The summed E-state index contributed by atoms with van der Waals surface area (Å²) in [5, 5.41) is 6.22. The zero-order valence-electron chi connectivity index (χ0n) is 19.2. The number of halogens is 1. The number of anilines is 4. The van der Waals surface area contributed by atoms with Gasteiger partial charge < -0.3 is 30.9 Å². The van der Waals surface area contributed by atoms with E-state index in [4.69, 9.17) is 10.5 Å². The zero-order valence-corrected chi connectivity index (χ0v) is 19.2. The molecule has 0 spiro atoms. The van der Waals surface area contributed by atoms with Crippen LogP contribution in [0.25, 0.3) is 0 Å². The summed E-state index contributed by atoms with van der Waals surface area (Å²) in [6, 6.07) is 5.82. The second-order valence-electron chi connectivity index (χ2n) is 8.77. The molecule has 4 N–H and O–H groups in total. The first kappa shape index (κ1) is 23.2. The summed E-state index contributed by atoms with van der Waals surface area (Å²) >= 11 is 0. The number of hydrogen-bond donors (Lipinski definition) is 3. The van der Waals surface area contributed by atoms with Crippen molar-refractivity contribution in [2.45, 2.75) is 31.9 Å². The third kappa shape index (κ3) is 5.51. The van der Waals surface area contributed by atoms with Crippen molar-refractivity contribution in [3.05, 3.63) is 35.8 Å². The third-order valence-corrected chi connectivity index (χ3v) is 6.43. The number of nitrogens with zero attached hydrogens (tertiary/aromatic N) is 4. The number of methoxy groups -OCH3 is 1. The molecule has 1 aliphatic heterocycles. The van der Waals surface area contributed by atoms with Gasteiger partial charge in [-0.2, -0.15) is 4.98 Å². The molecule has 1 amide bonds. The predicted molar refractivity (Wildman–Crippen MR) is 126 cm³/mol. The molecule has 2 atom stereocenters. The van der Waals surface area contributed by atoms with Crippen LogP contribution in [0.15, 0.2) is 24.4 Å². The smallest absolute Gasteiger partial charge is 0.229 e. The highest BCUT2D eigenvalue weighted by Crippen LogP contribution is 2.30. The minimum atomic E-state index is -0.568. The molecule has 9 nitrogen and oxygen atoms in total. The van der Waals surface area contributed by atoms with Crippen LogP contribution in [-0.4, -0.2) is 67.2 Å². The van der Waals surface area contributed by atoms with Crippen molar-refractivity contribution in [3.63, 3.8) is 0 Å². The van der Waals surface area contributed by atoms with Gasteiger partial charge in [-0.25, -0.2) is 9.37 Å². The van der Waals surface area contributed by atoms with Crippen molar-refractivity contribution in [2.24, 2.45) is 11.7 Å². The lowest BCUT2D eigenvalue weighted by Gasteiger charge is -2.35. The van der Waals surface area contributed by atoms with Gasteiger partial charge in [-0.05, 0) is 38.1 Å².